The molecule has 6 heterocycles. The van der Waals surface area contributed by atoms with Crippen LogP contribution in [-0.2, 0) is 10.8 Å². The van der Waals surface area contributed by atoms with Crippen molar-refractivity contribution < 1.29 is 0 Å². The van der Waals surface area contributed by atoms with Crippen LogP contribution in [0.5, 0.6) is 0 Å². The van der Waals surface area contributed by atoms with E-state index in [0.717, 1.165) is 67.9 Å². The van der Waals surface area contributed by atoms with Gasteiger partial charge in [0.15, 0.2) is 0 Å². The maximum Gasteiger partial charge on any atom is 0.0727 e. The average Bonchev–Trinajstić information content (AvgIpc) is 1.50. The number of hydrogen-bond donors (Lipinski definition) is 0. The largest absolute Gasteiger partial charge is 0.310 e. The number of nitrogens with zero attached hydrogens (tertiary/aromatic N) is 3. The van der Waals surface area contributed by atoms with E-state index < -0.39 is 10.8 Å². The average molecular weight is 1290 g/mol. The van der Waals surface area contributed by atoms with Crippen LogP contribution in [0.2, 0.25) is 0 Å². The van der Waals surface area contributed by atoms with E-state index in [4.69, 9.17) is 0 Å². The van der Waals surface area contributed by atoms with E-state index in [-0.39, 0.29) is 0 Å². The minimum atomic E-state index is -0.772. The van der Waals surface area contributed by atoms with E-state index in [1.807, 2.05) is 0 Å². The molecule has 8 aliphatic rings. The van der Waals surface area contributed by atoms with Gasteiger partial charge in [-0.05, 0) is 220 Å². The highest BCUT2D eigenvalue weighted by molar-refractivity contribution is 5.99. The van der Waals surface area contributed by atoms with Gasteiger partial charge in [-0.3, -0.25) is 0 Å². The van der Waals surface area contributed by atoms with Gasteiger partial charge in [0.1, 0.15) is 0 Å². The topological polar surface area (TPSA) is 9.72 Å². The van der Waals surface area contributed by atoms with Crippen LogP contribution >= 0.6 is 0 Å². The summed E-state index contributed by atoms with van der Waals surface area (Å²) < 4.78 is 0. The molecule has 0 fully saturated rings. The first-order valence-corrected chi connectivity index (χ1v) is 34.9. The number of rotatable bonds is 11. The summed E-state index contributed by atoms with van der Waals surface area (Å²) in [7, 11) is 0. The minimum Gasteiger partial charge on any atom is -0.310 e. The second kappa shape index (κ2) is 24.5. The van der Waals surface area contributed by atoms with E-state index in [2.05, 4.69) is 421 Å². The minimum absolute atomic E-state index is 0.712. The second-order valence-electron chi connectivity index (χ2n) is 26.7. The molecule has 2 aliphatic carbocycles. The third kappa shape index (κ3) is 9.80. The van der Waals surface area contributed by atoms with Crippen LogP contribution in [0.3, 0.4) is 0 Å². The molecular weight excluding hydrogens is 1220 g/mol. The standard InChI is InChI=1S/C98H67N3/c1-7-21-68(22-8-1)72-35-47-80(48-36-72)99-84-55-43-78(44-56-84)97(76-29-15-5-16-30-76,77-31-17-6-18-32-77)79-45-57-85(58-46-79)101(83-53-41-75(42-54-83)71-27-13-4-14-28-71)88-60-63-91-90-62-59-87(66-95(90)98(96(91)67-88)93-34-20-19-33-89(93)92-65-86(99)61-64-94(92)98)100(81-49-37-73(38-50-81)69-23-9-2-10-24-69)82-51-39-74(40-52-82)70-25-11-3-12-26-70/h1-67H. The Bertz CT molecular complexity index is 5570. The van der Waals surface area contributed by atoms with Gasteiger partial charge in [0.25, 0.3) is 0 Å². The summed E-state index contributed by atoms with van der Waals surface area (Å²) in [6.45, 7) is 0. The van der Waals surface area contributed by atoms with Crippen molar-refractivity contribution in [2.75, 3.05) is 14.7 Å². The Labute approximate surface area is 590 Å². The van der Waals surface area contributed by atoms with E-state index in [1.165, 1.54) is 94.6 Å². The van der Waals surface area contributed by atoms with E-state index in [1.54, 1.807) is 0 Å². The Morgan fingerprint density at radius 2 is 0.455 bits per heavy atom. The van der Waals surface area contributed by atoms with Crippen LogP contribution in [0.25, 0.3) is 66.8 Å². The molecule has 0 amide bonds. The monoisotopic (exact) mass is 1290 g/mol. The zero-order valence-electron chi connectivity index (χ0n) is 55.5. The van der Waals surface area contributed by atoms with Gasteiger partial charge in [-0.1, -0.05) is 297 Å². The van der Waals surface area contributed by atoms with Gasteiger partial charge >= 0.3 is 0 Å². The molecule has 0 saturated heterocycles. The number of benzene rings is 16. The van der Waals surface area contributed by atoms with Crippen LogP contribution in [0.1, 0.15) is 44.5 Å². The van der Waals surface area contributed by atoms with Crippen molar-refractivity contribution in [2.24, 2.45) is 0 Å². The maximum atomic E-state index is 2.53. The molecule has 101 heavy (non-hydrogen) atoms. The summed E-state index contributed by atoms with van der Waals surface area (Å²) in [5.41, 5.74) is 32.0. The summed E-state index contributed by atoms with van der Waals surface area (Å²) in [5, 5.41) is 0. The SMILES string of the molecule is c1ccc(-c2ccc(N3c4ccc(cc4)C(c4ccccc4)(c4ccccc4)c4ccc(cc4)N(c4ccc(-c5ccccc5)cc4)c4ccc5c(c4)C4(c6ccccc6-c6cc3ccc64)c3cc(N(c4ccc(-c6ccccc6)cc4)c4ccc(-c6ccccc6)cc4)ccc3-5)cc2)cc1. The zero-order valence-corrected chi connectivity index (χ0v) is 55.5. The summed E-state index contributed by atoms with van der Waals surface area (Å²) in [6, 6.07) is 151. The van der Waals surface area contributed by atoms with Crippen LogP contribution in [0.15, 0.2) is 406 Å². The Kier molecular flexibility index (Phi) is 14.3. The van der Waals surface area contributed by atoms with Gasteiger partial charge in [-0.25, -0.2) is 0 Å². The molecule has 0 N–H and O–H groups in total. The molecule has 10 bridgehead atoms. The molecule has 0 radical (unpaired) electrons. The molecule has 3 nitrogen and oxygen atoms in total. The summed E-state index contributed by atoms with van der Waals surface area (Å²) in [6.07, 6.45) is 0. The molecular formula is C98H67N3. The van der Waals surface area contributed by atoms with Crippen molar-refractivity contribution in [3.63, 3.8) is 0 Å². The van der Waals surface area contributed by atoms with E-state index in [0.29, 0.717) is 0 Å². The highest BCUT2D eigenvalue weighted by Crippen LogP contribution is 2.65. The number of hydrogen-bond acceptors (Lipinski definition) is 3. The molecule has 16 aromatic rings. The lowest BCUT2D eigenvalue weighted by Crippen LogP contribution is -2.31. The fourth-order valence-electron chi connectivity index (χ4n) is 16.7. The Morgan fingerprint density at radius 1 is 0.168 bits per heavy atom. The fraction of sp³-hybridized carbons (Fsp3) is 0.0204. The highest BCUT2D eigenvalue weighted by atomic mass is 15.2. The van der Waals surface area contributed by atoms with Gasteiger partial charge in [0, 0.05) is 51.2 Å². The first kappa shape index (κ1) is 59.2. The third-order valence-electron chi connectivity index (χ3n) is 21.4. The number of anilines is 9. The summed E-state index contributed by atoms with van der Waals surface area (Å²) in [4.78, 5) is 7.38. The van der Waals surface area contributed by atoms with Gasteiger partial charge in [-0.2, -0.15) is 0 Å². The number of fused-ring (bicyclic) bond motifs is 3. The van der Waals surface area contributed by atoms with E-state index >= 15 is 0 Å². The van der Waals surface area contributed by atoms with Crippen LogP contribution in [-0.4, -0.2) is 0 Å². The molecule has 1 atom stereocenters. The van der Waals surface area contributed by atoms with Crippen LogP contribution < -0.4 is 14.7 Å². The zero-order chi connectivity index (χ0) is 66.9. The van der Waals surface area contributed by atoms with Crippen molar-refractivity contribution in [2.45, 2.75) is 10.8 Å². The lowest BCUT2D eigenvalue weighted by Gasteiger charge is -2.37. The molecule has 0 aromatic heterocycles. The highest BCUT2D eigenvalue weighted by Gasteiger charge is 2.52. The molecule has 6 aliphatic heterocycles. The molecule has 0 saturated carbocycles. The van der Waals surface area contributed by atoms with E-state index in [9.17, 15) is 0 Å². The Hall–Kier alpha value is -13.1. The van der Waals surface area contributed by atoms with Gasteiger partial charge < -0.3 is 14.7 Å². The molecule has 1 spiro atoms. The van der Waals surface area contributed by atoms with Crippen LogP contribution in [0, 0.1) is 0 Å². The lowest BCUT2D eigenvalue weighted by molar-refractivity contribution is 0.745. The molecule has 474 valence electrons. The Balaban J connectivity index is 0.871. The second-order valence-corrected chi connectivity index (χ2v) is 26.7. The lowest BCUT2D eigenvalue weighted by atomic mass is 9.65. The van der Waals surface area contributed by atoms with Crippen molar-refractivity contribution in [1.82, 2.24) is 0 Å². The third-order valence-corrected chi connectivity index (χ3v) is 21.4. The fourth-order valence-corrected chi connectivity index (χ4v) is 16.7. The van der Waals surface area contributed by atoms with Gasteiger partial charge in [0.2, 0.25) is 0 Å². The van der Waals surface area contributed by atoms with Crippen molar-refractivity contribution >= 4 is 51.2 Å². The quantitative estimate of drug-likeness (QED) is 0.128. The predicted molar refractivity (Wildman–Crippen MR) is 420 cm³/mol. The maximum absolute atomic E-state index is 2.53. The van der Waals surface area contributed by atoms with Crippen LogP contribution in [0.4, 0.5) is 51.2 Å². The summed E-state index contributed by atoms with van der Waals surface area (Å²) in [5.74, 6) is 0. The van der Waals surface area contributed by atoms with Crippen molar-refractivity contribution in [3.8, 4) is 66.8 Å². The van der Waals surface area contributed by atoms with Gasteiger partial charge in [-0.15, -0.1) is 0 Å². The smallest absolute Gasteiger partial charge is 0.0727 e. The molecule has 16 aromatic carbocycles. The van der Waals surface area contributed by atoms with Crippen molar-refractivity contribution in [3.05, 3.63) is 451 Å². The molecule has 24 rings (SSSR count). The van der Waals surface area contributed by atoms with Gasteiger partial charge in [0.05, 0.1) is 10.8 Å². The summed E-state index contributed by atoms with van der Waals surface area (Å²) >= 11 is 0. The van der Waals surface area contributed by atoms with Crippen molar-refractivity contribution in [1.29, 1.82) is 0 Å². The normalized spacial score (nSPS) is 14.2. The molecule has 1 unspecified atom stereocenters. The first-order chi connectivity index (χ1) is 50.1. The molecule has 3 heteroatoms. The predicted octanol–water partition coefficient (Wildman–Crippen LogP) is 25.8. The first-order valence-electron chi connectivity index (χ1n) is 34.9. The Morgan fingerprint density at radius 3 is 0.891 bits per heavy atom.